The van der Waals surface area contributed by atoms with Gasteiger partial charge in [-0.05, 0) is 12.1 Å². The molecule has 2 rings (SSSR count). The predicted octanol–water partition coefficient (Wildman–Crippen LogP) is 1.46. The Morgan fingerprint density at radius 1 is 1.18 bits per heavy atom. The van der Waals surface area contributed by atoms with E-state index in [1.807, 2.05) is 0 Å². The molecule has 2 aromatic rings. The quantitative estimate of drug-likeness (QED) is 0.827. The van der Waals surface area contributed by atoms with Crippen molar-refractivity contribution in [3.8, 4) is 11.6 Å². The number of sulfonamides is 1. The zero-order valence-electron chi connectivity index (χ0n) is 12.1. The van der Waals surface area contributed by atoms with Crippen LogP contribution >= 0.6 is 0 Å². The number of anilines is 1. The summed E-state index contributed by atoms with van der Waals surface area (Å²) in [6.45, 7) is 0. The van der Waals surface area contributed by atoms with Crippen molar-refractivity contribution in [2.45, 2.75) is 4.90 Å². The molecule has 0 bridgehead atoms. The Balaban J connectivity index is 2.44. The standard InChI is InChI=1S/C13H14FN3O4S/c1-17(13-15-7-6-12(16-13)21-3)22(18,19)9-4-5-10(14)11(8-9)20-2/h4-8H,1-3H3. The molecule has 0 N–H and O–H groups in total. The maximum absolute atomic E-state index is 13.4. The highest BCUT2D eigenvalue weighted by molar-refractivity contribution is 7.92. The van der Waals surface area contributed by atoms with Gasteiger partial charge >= 0.3 is 0 Å². The van der Waals surface area contributed by atoms with Gasteiger partial charge in [-0.3, -0.25) is 0 Å². The SMILES string of the molecule is COc1ccnc(N(C)S(=O)(=O)c2ccc(F)c(OC)c2)n1. The van der Waals surface area contributed by atoms with E-state index in [1.165, 1.54) is 33.5 Å². The van der Waals surface area contributed by atoms with Gasteiger partial charge in [-0.2, -0.15) is 4.98 Å². The third kappa shape index (κ3) is 2.93. The van der Waals surface area contributed by atoms with Crippen molar-refractivity contribution < 1.29 is 22.3 Å². The van der Waals surface area contributed by atoms with E-state index in [0.29, 0.717) is 0 Å². The first-order valence-electron chi connectivity index (χ1n) is 6.09. The molecule has 0 radical (unpaired) electrons. The lowest BCUT2D eigenvalue weighted by molar-refractivity contribution is 0.385. The zero-order chi connectivity index (χ0) is 16.3. The Labute approximate surface area is 127 Å². The van der Waals surface area contributed by atoms with Gasteiger partial charge in [0.05, 0.1) is 19.1 Å². The molecule has 0 unspecified atom stereocenters. The molecule has 0 fully saturated rings. The molecular formula is C13H14FN3O4S. The molecule has 9 heteroatoms. The second-order valence-corrected chi connectivity index (χ2v) is 6.14. The van der Waals surface area contributed by atoms with Crippen LogP contribution in [0.2, 0.25) is 0 Å². The van der Waals surface area contributed by atoms with Gasteiger partial charge in [-0.1, -0.05) is 0 Å². The van der Waals surface area contributed by atoms with E-state index in [1.54, 1.807) is 0 Å². The molecule has 1 heterocycles. The first-order valence-corrected chi connectivity index (χ1v) is 7.53. The highest BCUT2D eigenvalue weighted by Crippen LogP contribution is 2.25. The van der Waals surface area contributed by atoms with E-state index < -0.39 is 15.8 Å². The van der Waals surface area contributed by atoms with E-state index in [2.05, 4.69) is 9.97 Å². The van der Waals surface area contributed by atoms with Gasteiger partial charge < -0.3 is 9.47 Å². The number of aromatic nitrogens is 2. The maximum atomic E-state index is 13.4. The topological polar surface area (TPSA) is 81.6 Å². The molecule has 0 amide bonds. The highest BCUT2D eigenvalue weighted by Gasteiger charge is 2.25. The number of benzene rings is 1. The van der Waals surface area contributed by atoms with Crippen LogP contribution in [0.4, 0.5) is 10.3 Å². The van der Waals surface area contributed by atoms with Crippen LogP contribution in [0.5, 0.6) is 11.6 Å². The van der Waals surface area contributed by atoms with Crippen LogP contribution in [0.25, 0.3) is 0 Å². The van der Waals surface area contributed by atoms with Crippen LogP contribution in [0.15, 0.2) is 35.4 Å². The fourth-order valence-corrected chi connectivity index (χ4v) is 2.78. The number of hydrogen-bond acceptors (Lipinski definition) is 6. The lowest BCUT2D eigenvalue weighted by Gasteiger charge is -2.18. The second kappa shape index (κ2) is 6.14. The molecular weight excluding hydrogens is 313 g/mol. The van der Waals surface area contributed by atoms with Crippen LogP contribution in [0, 0.1) is 5.82 Å². The molecule has 0 atom stereocenters. The molecule has 0 saturated carbocycles. The first-order chi connectivity index (χ1) is 10.4. The van der Waals surface area contributed by atoms with Gasteiger partial charge in [0.15, 0.2) is 11.6 Å². The smallest absolute Gasteiger partial charge is 0.266 e. The molecule has 0 aliphatic heterocycles. The predicted molar refractivity (Wildman–Crippen MR) is 77.1 cm³/mol. The normalized spacial score (nSPS) is 11.1. The van der Waals surface area contributed by atoms with E-state index in [-0.39, 0.29) is 22.5 Å². The Kier molecular flexibility index (Phi) is 4.45. The number of rotatable bonds is 5. The van der Waals surface area contributed by atoms with Crippen LogP contribution in [0.3, 0.4) is 0 Å². The molecule has 0 spiro atoms. The average Bonchev–Trinajstić information content (AvgIpc) is 2.54. The minimum atomic E-state index is -3.96. The molecule has 1 aromatic heterocycles. The summed E-state index contributed by atoms with van der Waals surface area (Å²) >= 11 is 0. The Bertz CT molecular complexity index is 783. The number of hydrogen-bond donors (Lipinski definition) is 0. The van der Waals surface area contributed by atoms with E-state index >= 15 is 0 Å². The number of nitrogens with zero attached hydrogens (tertiary/aromatic N) is 3. The van der Waals surface area contributed by atoms with E-state index in [0.717, 1.165) is 22.5 Å². The van der Waals surface area contributed by atoms with Crippen molar-refractivity contribution in [2.75, 3.05) is 25.6 Å². The molecule has 0 saturated heterocycles. The van der Waals surface area contributed by atoms with E-state index in [9.17, 15) is 12.8 Å². The van der Waals surface area contributed by atoms with Gasteiger partial charge in [0, 0.05) is 25.4 Å². The van der Waals surface area contributed by atoms with Crippen molar-refractivity contribution in [1.82, 2.24) is 9.97 Å². The van der Waals surface area contributed by atoms with Crippen molar-refractivity contribution in [3.05, 3.63) is 36.3 Å². The molecule has 118 valence electrons. The van der Waals surface area contributed by atoms with Crippen LogP contribution in [-0.2, 0) is 10.0 Å². The molecule has 0 aliphatic rings. The number of ether oxygens (including phenoxy) is 2. The van der Waals surface area contributed by atoms with Gasteiger partial charge in [-0.15, -0.1) is 0 Å². The summed E-state index contributed by atoms with van der Waals surface area (Å²) in [5.41, 5.74) is 0. The largest absolute Gasteiger partial charge is 0.494 e. The highest BCUT2D eigenvalue weighted by atomic mass is 32.2. The molecule has 0 aliphatic carbocycles. The summed E-state index contributed by atoms with van der Waals surface area (Å²) in [6.07, 6.45) is 1.37. The Morgan fingerprint density at radius 2 is 1.91 bits per heavy atom. The number of halogens is 1. The lowest BCUT2D eigenvalue weighted by Crippen LogP contribution is -2.28. The van der Waals surface area contributed by atoms with Crippen LogP contribution in [-0.4, -0.2) is 39.7 Å². The van der Waals surface area contributed by atoms with Crippen LogP contribution < -0.4 is 13.8 Å². The Morgan fingerprint density at radius 3 is 2.55 bits per heavy atom. The first kappa shape index (κ1) is 16.0. The summed E-state index contributed by atoms with van der Waals surface area (Å²) in [5.74, 6) is -0.658. The van der Waals surface area contributed by atoms with Gasteiger partial charge in [0.2, 0.25) is 11.8 Å². The summed E-state index contributed by atoms with van der Waals surface area (Å²) in [5, 5.41) is 0. The minimum Gasteiger partial charge on any atom is -0.494 e. The molecule has 22 heavy (non-hydrogen) atoms. The Hall–Kier alpha value is -2.42. The molecule has 7 nitrogen and oxygen atoms in total. The van der Waals surface area contributed by atoms with Gasteiger partial charge in [0.1, 0.15) is 0 Å². The minimum absolute atomic E-state index is 0.0670. The summed E-state index contributed by atoms with van der Waals surface area (Å²) in [7, 11) is -0.00680. The van der Waals surface area contributed by atoms with Gasteiger partial charge in [0.25, 0.3) is 10.0 Å². The zero-order valence-corrected chi connectivity index (χ0v) is 13.0. The maximum Gasteiger partial charge on any atom is 0.266 e. The van der Waals surface area contributed by atoms with Crippen molar-refractivity contribution in [1.29, 1.82) is 0 Å². The van der Waals surface area contributed by atoms with Crippen molar-refractivity contribution >= 4 is 16.0 Å². The summed E-state index contributed by atoms with van der Waals surface area (Å²) in [4.78, 5) is 7.70. The fraction of sp³-hybridized carbons (Fsp3) is 0.231. The van der Waals surface area contributed by atoms with Crippen molar-refractivity contribution in [3.63, 3.8) is 0 Å². The third-order valence-electron chi connectivity index (χ3n) is 2.89. The molecule has 1 aromatic carbocycles. The number of methoxy groups -OCH3 is 2. The van der Waals surface area contributed by atoms with Crippen LogP contribution in [0.1, 0.15) is 0 Å². The average molecular weight is 327 g/mol. The monoisotopic (exact) mass is 327 g/mol. The summed E-state index contributed by atoms with van der Waals surface area (Å²) < 4.78 is 49.1. The van der Waals surface area contributed by atoms with Crippen molar-refractivity contribution in [2.24, 2.45) is 0 Å². The fourth-order valence-electron chi connectivity index (χ4n) is 1.66. The lowest BCUT2D eigenvalue weighted by atomic mass is 10.3. The second-order valence-electron chi connectivity index (χ2n) is 4.17. The van der Waals surface area contributed by atoms with E-state index in [4.69, 9.17) is 9.47 Å². The van der Waals surface area contributed by atoms with Gasteiger partial charge in [-0.25, -0.2) is 22.1 Å². The summed E-state index contributed by atoms with van der Waals surface area (Å²) in [6, 6.07) is 4.75. The third-order valence-corrected chi connectivity index (χ3v) is 4.62.